The van der Waals surface area contributed by atoms with Gasteiger partial charge in [0.1, 0.15) is 0 Å². The summed E-state index contributed by atoms with van der Waals surface area (Å²) in [4.78, 5) is 4.40. The number of nitrogens with two attached hydrogens (primary N) is 1. The topological polar surface area (TPSA) is 64.9 Å². The van der Waals surface area contributed by atoms with Crippen LogP contribution in [0.4, 0.5) is 0 Å². The number of hydrogen-bond donors (Lipinski definition) is 1. The lowest BCUT2D eigenvalue weighted by molar-refractivity contribution is 0.297. The van der Waals surface area contributed by atoms with Crippen LogP contribution in [0.2, 0.25) is 0 Å². The van der Waals surface area contributed by atoms with Crippen molar-refractivity contribution >= 4 is 0 Å². The Kier molecular flexibility index (Phi) is 3.59. The second kappa shape index (κ2) is 4.95. The van der Waals surface area contributed by atoms with Crippen LogP contribution < -0.4 is 5.73 Å². The normalized spacial score (nSPS) is 27.9. The quantitative estimate of drug-likeness (QED) is 0.855. The number of aromatic nitrogens is 2. The molecule has 0 bridgehead atoms. The van der Waals surface area contributed by atoms with E-state index in [1.807, 2.05) is 6.92 Å². The summed E-state index contributed by atoms with van der Waals surface area (Å²) >= 11 is 0. The molecule has 1 aliphatic rings. The first-order valence-corrected chi connectivity index (χ1v) is 6.29. The Labute approximate surface area is 96.6 Å². The first-order valence-electron chi connectivity index (χ1n) is 6.29. The molecule has 2 N–H and O–H groups in total. The Morgan fingerprint density at radius 2 is 2.31 bits per heavy atom. The predicted molar refractivity (Wildman–Crippen MR) is 61.9 cm³/mol. The second-order valence-corrected chi connectivity index (χ2v) is 4.92. The van der Waals surface area contributed by atoms with Crippen molar-refractivity contribution in [2.75, 3.05) is 0 Å². The molecule has 2 unspecified atom stereocenters. The van der Waals surface area contributed by atoms with E-state index < -0.39 is 0 Å². The Morgan fingerprint density at radius 1 is 1.50 bits per heavy atom. The Bertz CT molecular complexity index is 335. The monoisotopic (exact) mass is 223 g/mol. The van der Waals surface area contributed by atoms with Crippen LogP contribution in [0.1, 0.15) is 69.6 Å². The summed E-state index contributed by atoms with van der Waals surface area (Å²) in [5.41, 5.74) is 5.71. The van der Waals surface area contributed by atoms with E-state index in [9.17, 15) is 0 Å². The first kappa shape index (κ1) is 11.6. The Morgan fingerprint density at radius 3 is 2.94 bits per heavy atom. The Balaban J connectivity index is 2.05. The van der Waals surface area contributed by atoms with E-state index >= 15 is 0 Å². The van der Waals surface area contributed by atoms with Crippen molar-refractivity contribution in [2.24, 2.45) is 11.7 Å². The van der Waals surface area contributed by atoms with Gasteiger partial charge in [-0.15, -0.1) is 0 Å². The fourth-order valence-electron chi connectivity index (χ4n) is 2.49. The van der Waals surface area contributed by atoms with E-state index in [0.29, 0.717) is 11.8 Å². The van der Waals surface area contributed by atoms with Crippen LogP contribution in [0.3, 0.4) is 0 Å². The SMILES string of the molecule is CCC1CCCC(c2noc([C@@H](C)N)n2)C1. The Hall–Kier alpha value is -0.900. The van der Waals surface area contributed by atoms with Crippen molar-refractivity contribution in [3.63, 3.8) is 0 Å². The largest absolute Gasteiger partial charge is 0.338 e. The third-order valence-electron chi connectivity index (χ3n) is 3.57. The average Bonchev–Trinajstić information content (AvgIpc) is 2.78. The van der Waals surface area contributed by atoms with E-state index in [1.54, 1.807) is 0 Å². The molecule has 1 fully saturated rings. The summed E-state index contributed by atoms with van der Waals surface area (Å²) in [7, 11) is 0. The number of nitrogens with zero attached hydrogens (tertiary/aromatic N) is 2. The zero-order valence-corrected chi connectivity index (χ0v) is 10.1. The van der Waals surface area contributed by atoms with Crippen molar-refractivity contribution in [1.29, 1.82) is 0 Å². The van der Waals surface area contributed by atoms with E-state index in [4.69, 9.17) is 10.3 Å². The molecule has 1 aromatic heterocycles. The minimum atomic E-state index is -0.160. The van der Waals surface area contributed by atoms with Crippen LogP contribution in [0, 0.1) is 5.92 Å². The number of hydrogen-bond acceptors (Lipinski definition) is 4. The zero-order valence-electron chi connectivity index (χ0n) is 10.1. The lowest BCUT2D eigenvalue weighted by atomic mass is 9.80. The fraction of sp³-hybridized carbons (Fsp3) is 0.833. The van der Waals surface area contributed by atoms with Gasteiger partial charge in [0, 0.05) is 5.92 Å². The average molecular weight is 223 g/mol. The van der Waals surface area contributed by atoms with E-state index in [1.165, 1.54) is 32.1 Å². The smallest absolute Gasteiger partial charge is 0.243 e. The molecule has 4 nitrogen and oxygen atoms in total. The highest BCUT2D eigenvalue weighted by molar-refractivity contribution is 4.99. The van der Waals surface area contributed by atoms with Gasteiger partial charge in [-0.25, -0.2) is 0 Å². The molecule has 1 heterocycles. The molecule has 0 radical (unpaired) electrons. The van der Waals surface area contributed by atoms with Gasteiger partial charge in [0.15, 0.2) is 5.82 Å². The van der Waals surface area contributed by atoms with Crippen LogP contribution in [0.5, 0.6) is 0 Å². The molecule has 1 aromatic rings. The van der Waals surface area contributed by atoms with E-state index in [-0.39, 0.29) is 6.04 Å². The summed E-state index contributed by atoms with van der Waals surface area (Å²) in [6.07, 6.45) is 6.29. The number of rotatable bonds is 3. The van der Waals surface area contributed by atoms with Gasteiger partial charge in [-0.3, -0.25) is 0 Å². The molecule has 1 saturated carbocycles. The summed E-state index contributed by atoms with van der Waals surface area (Å²) in [5.74, 6) is 2.74. The molecule has 1 aliphatic carbocycles. The molecule has 0 saturated heterocycles. The van der Waals surface area contributed by atoms with Gasteiger partial charge in [0.2, 0.25) is 5.89 Å². The minimum Gasteiger partial charge on any atom is -0.338 e. The van der Waals surface area contributed by atoms with E-state index in [2.05, 4.69) is 17.1 Å². The van der Waals surface area contributed by atoms with Crippen LogP contribution in [0.25, 0.3) is 0 Å². The molecule has 90 valence electrons. The van der Waals surface area contributed by atoms with Crippen molar-refractivity contribution in [3.8, 4) is 0 Å². The summed E-state index contributed by atoms with van der Waals surface area (Å²) in [6.45, 7) is 4.13. The van der Waals surface area contributed by atoms with Crippen LogP contribution in [-0.2, 0) is 0 Å². The van der Waals surface area contributed by atoms with Crippen molar-refractivity contribution in [2.45, 2.75) is 57.9 Å². The first-order chi connectivity index (χ1) is 7.70. The molecular weight excluding hydrogens is 202 g/mol. The maximum absolute atomic E-state index is 5.71. The summed E-state index contributed by atoms with van der Waals surface area (Å²) in [6, 6.07) is -0.160. The van der Waals surface area contributed by atoms with Crippen molar-refractivity contribution in [3.05, 3.63) is 11.7 Å². The maximum Gasteiger partial charge on any atom is 0.243 e. The highest BCUT2D eigenvalue weighted by atomic mass is 16.5. The van der Waals surface area contributed by atoms with Gasteiger partial charge in [-0.2, -0.15) is 4.98 Å². The van der Waals surface area contributed by atoms with Gasteiger partial charge in [0.25, 0.3) is 0 Å². The molecule has 0 aromatic carbocycles. The molecule has 2 rings (SSSR count). The van der Waals surface area contributed by atoms with Gasteiger partial charge >= 0.3 is 0 Å². The third kappa shape index (κ3) is 2.43. The lowest BCUT2D eigenvalue weighted by Crippen LogP contribution is -2.15. The molecule has 0 spiro atoms. The molecule has 0 amide bonds. The van der Waals surface area contributed by atoms with Gasteiger partial charge < -0.3 is 10.3 Å². The summed E-state index contributed by atoms with van der Waals surface area (Å²) in [5, 5.41) is 4.06. The lowest BCUT2D eigenvalue weighted by Gasteiger charge is -2.26. The molecule has 16 heavy (non-hydrogen) atoms. The van der Waals surface area contributed by atoms with Gasteiger partial charge in [0.05, 0.1) is 6.04 Å². The third-order valence-corrected chi connectivity index (χ3v) is 3.57. The zero-order chi connectivity index (χ0) is 11.5. The fourth-order valence-corrected chi connectivity index (χ4v) is 2.49. The van der Waals surface area contributed by atoms with Crippen molar-refractivity contribution < 1.29 is 4.52 Å². The minimum absolute atomic E-state index is 0.160. The van der Waals surface area contributed by atoms with Gasteiger partial charge in [-0.05, 0) is 25.7 Å². The summed E-state index contributed by atoms with van der Waals surface area (Å²) < 4.78 is 5.16. The predicted octanol–water partition coefficient (Wildman–Crippen LogP) is 2.77. The van der Waals surface area contributed by atoms with E-state index in [0.717, 1.165) is 11.7 Å². The van der Waals surface area contributed by atoms with Crippen LogP contribution in [-0.4, -0.2) is 10.1 Å². The molecule has 3 atom stereocenters. The standard InChI is InChI=1S/C12H21N3O/c1-3-9-5-4-6-10(7-9)11-14-12(8(2)13)16-15-11/h8-10H,3-7,13H2,1-2H3/t8-,9?,10?/m1/s1. The molecular formula is C12H21N3O. The molecule has 0 aliphatic heterocycles. The van der Waals surface area contributed by atoms with Crippen LogP contribution >= 0.6 is 0 Å². The van der Waals surface area contributed by atoms with Crippen molar-refractivity contribution in [1.82, 2.24) is 10.1 Å². The second-order valence-electron chi connectivity index (χ2n) is 4.92. The van der Waals surface area contributed by atoms with Gasteiger partial charge in [-0.1, -0.05) is 31.3 Å². The highest BCUT2D eigenvalue weighted by Gasteiger charge is 2.26. The van der Waals surface area contributed by atoms with Crippen LogP contribution in [0.15, 0.2) is 4.52 Å². The molecule has 4 heteroatoms. The highest BCUT2D eigenvalue weighted by Crippen LogP contribution is 2.36. The maximum atomic E-state index is 5.71.